The molecule has 7 rings (SSSR count). The van der Waals surface area contributed by atoms with Crippen LogP contribution in [0.15, 0.2) is 33.5 Å². The molecule has 3 saturated heterocycles. The highest BCUT2D eigenvalue weighted by atomic mass is 19.1. The quantitative estimate of drug-likeness (QED) is 0.252. The molecule has 3 atom stereocenters. The molecule has 45 heavy (non-hydrogen) atoms. The molecule has 12 heteroatoms. The van der Waals surface area contributed by atoms with Gasteiger partial charge in [-0.1, -0.05) is 12.0 Å². The van der Waals surface area contributed by atoms with Gasteiger partial charge in [0.05, 0.1) is 18.2 Å². The van der Waals surface area contributed by atoms with E-state index in [1.807, 2.05) is 11.8 Å². The van der Waals surface area contributed by atoms with Crippen molar-refractivity contribution in [1.82, 2.24) is 14.9 Å². The topological polar surface area (TPSA) is 135 Å². The third-order valence-electron chi connectivity index (χ3n) is 8.64. The van der Waals surface area contributed by atoms with Crippen LogP contribution >= 0.6 is 0 Å². The van der Waals surface area contributed by atoms with Crippen LogP contribution in [-0.4, -0.2) is 71.4 Å². The monoisotopic (exact) mass is 619 g/mol. The summed E-state index contributed by atoms with van der Waals surface area (Å²) >= 11 is 0. The lowest BCUT2D eigenvalue weighted by Gasteiger charge is -2.40. The summed E-state index contributed by atoms with van der Waals surface area (Å²) in [7, 11) is 1.46. The molecule has 0 radical (unpaired) electrons. The van der Waals surface area contributed by atoms with Crippen LogP contribution < -0.4 is 21.0 Å². The van der Waals surface area contributed by atoms with Crippen molar-refractivity contribution in [2.45, 2.75) is 57.8 Å². The van der Waals surface area contributed by atoms with Crippen LogP contribution in [0.1, 0.15) is 43.7 Å². The van der Waals surface area contributed by atoms with E-state index < -0.39 is 17.6 Å². The van der Waals surface area contributed by atoms with Gasteiger partial charge in [0.25, 0.3) is 0 Å². The average Bonchev–Trinajstić information content (AvgIpc) is 3.59. The number of halogens is 2. The molecular weight excluding hydrogens is 584 g/mol. The van der Waals surface area contributed by atoms with E-state index in [0.717, 1.165) is 25.9 Å². The lowest BCUT2D eigenvalue weighted by atomic mass is 9.95. The largest absolute Gasteiger partial charge is 0.508 e. The number of amides is 1. The van der Waals surface area contributed by atoms with Gasteiger partial charge in [0, 0.05) is 41.7 Å². The standard InChI is InChI=1S/C25H20FN3O4.C7H12FN.CH3NO/c1-5-16-18(26)7-6-14-10-15(30)11-17(19(14)16)22-13(3)21-20(24(31)33-22)23(28-25(27-21)32-4)29-9-8-12(29)2;8-6-4-7-2-1-3-9(7)5-6;2-1-3/h1,6-7,10-12,30H,8-9H2,2-4H3;6-7H,1-5H2;1H,(H2,2,3). The molecule has 2 aromatic carbocycles. The Bertz CT molecular complexity index is 1840. The summed E-state index contributed by atoms with van der Waals surface area (Å²) in [4.78, 5) is 35.0. The van der Waals surface area contributed by atoms with Crippen molar-refractivity contribution < 1.29 is 27.8 Å². The second-order valence-electron chi connectivity index (χ2n) is 11.4. The number of carbonyl (C=O) groups excluding carboxylic acids is 1. The maximum atomic E-state index is 14.5. The summed E-state index contributed by atoms with van der Waals surface area (Å²) in [6, 6.07) is 6.56. The zero-order valence-electron chi connectivity index (χ0n) is 25.3. The molecule has 0 bridgehead atoms. The number of phenols is 1. The second-order valence-corrected chi connectivity index (χ2v) is 11.4. The number of terminal acetylenes is 1. The van der Waals surface area contributed by atoms with Gasteiger partial charge in [0.1, 0.15) is 28.9 Å². The Hall–Kier alpha value is -4.76. The molecule has 3 fully saturated rings. The lowest BCUT2D eigenvalue weighted by Crippen LogP contribution is -2.46. The number of carbonyl (C=O) groups is 1. The number of aromatic hydroxyl groups is 1. The molecule has 3 aliphatic heterocycles. The van der Waals surface area contributed by atoms with E-state index >= 15 is 0 Å². The number of benzene rings is 2. The zero-order chi connectivity index (χ0) is 32.4. The van der Waals surface area contributed by atoms with Gasteiger partial charge in [0.2, 0.25) is 6.41 Å². The summed E-state index contributed by atoms with van der Waals surface area (Å²) in [6.45, 7) is 6.39. The fraction of sp³-hybridized carbons (Fsp3) is 0.394. The number of methoxy groups -OCH3 is 1. The van der Waals surface area contributed by atoms with E-state index in [4.69, 9.17) is 20.4 Å². The van der Waals surface area contributed by atoms with Crippen molar-refractivity contribution >= 4 is 33.9 Å². The molecule has 2 aromatic heterocycles. The highest BCUT2D eigenvalue weighted by Gasteiger charge is 2.35. The number of primary amides is 1. The van der Waals surface area contributed by atoms with Crippen LogP contribution in [0.25, 0.3) is 33.0 Å². The Morgan fingerprint density at radius 3 is 2.60 bits per heavy atom. The Morgan fingerprint density at radius 1 is 1.22 bits per heavy atom. The van der Waals surface area contributed by atoms with Crippen LogP contribution in [0.2, 0.25) is 0 Å². The van der Waals surface area contributed by atoms with E-state index in [1.54, 1.807) is 6.92 Å². The Balaban J connectivity index is 0.000000278. The van der Waals surface area contributed by atoms with Gasteiger partial charge in [-0.3, -0.25) is 9.69 Å². The summed E-state index contributed by atoms with van der Waals surface area (Å²) < 4.78 is 38.2. The number of rotatable bonds is 3. The minimum absolute atomic E-state index is 0.0139. The van der Waals surface area contributed by atoms with Crippen molar-refractivity contribution in [1.29, 1.82) is 0 Å². The zero-order valence-corrected chi connectivity index (χ0v) is 25.3. The van der Waals surface area contributed by atoms with Gasteiger partial charge < -0.3 is 24.9 Å². The van der Waals surface area contributed by atoms with Crippen molar-refractivity contribution in [3.8, 4) is 35.4 Å². The minimum atomic E-state index is -0.641. The molecule has 5 heterocycles. The number of anilines is 1. The van der Waals surface area contributed by atoms with Gasteiger partial charge in [0.15, 0.2) is 5.82 Å². The Kier molecular flexibility index (Phi) is 9.20. The van der Waals surface area contributed by atoms with Crippen LogP contribution in [0, 0.1) is 25.1 Å². The number of ether oxygens (including phenoxy) is 1. The summed E-state index contributed by atoms with van der Waals surface area (Å²) in [5.74, 6) is 2.30. The molecular formula is C33H35F2N5O5. The number of hydrogen-bond donors (Lipinski definition) is 2. The molecule has 0 spiro atoms. The highest BCUT2D eigenvalue weighted by molar-refractivity contribution is 6.03. The number of aromatic nitrogens is 2. The molecule has 236 valence electrons. The summed E-state index contributed by atoms with van der Waals surface area (Å²) in [6.07, 6.45) is 9.64. The van der Waals surface area contributed by atoms with Crippen molar-refractivity contribution in [2.75, 3.05) is 31.6 Å². The first kappa shape index (κ1) is 31.7. The van der Waals surface area contributed by atoms with Crippen molar-refractivity contribution in [3.63, 3.8) is 0 Å². The SMILES string of the molecule is C#Cc1c(F)ccc2cc(O)cc(-c3oc(=O)c4c(N5CCC5C)nc(OC)nc4c3C)c12.FC1CC2CCCN2C1.NC=O. The summed E-state index contributed by atoms with van der Waals surface area (Å²) in [5.41, 5.74) is 4.71. The number of nitrogens with zero attached hydrogens (tertiary/aromatic N) is 4. The predicted octanol–water partition coefficient (Wildman–Crippen LogP) is 4.44. The van der Waals surface area contributed by atoms with E-state index in [0.29, 0.717) is 45.8 Å². The van der Waals surface area contributed by atoms with E-state index in [1.165, 1.54) is 44.2 Å². The fourth-order valence-corrected chi connectivity index (χ4v) is 6.37. The Labute approximate surface area is 258 Å². The average molecular weight is 620 g/mol. The first-order valence-electron chi connectivity index (χ1n) is 14.7. The van der Waals surface area contributed by atoms with E-state index in [9.17, 15) is 18.7 Å². The second kappa shape index (κ2) is 13.1. The van der Waals surface area contributed by atoms with Crippen LogP contribution in [0.4, 0.5) is 14.6 Å². The first-order chi connectivity index (χ1) is 21.6. The molecule has 1 amide bonds. The smallest absolute Gasteiger partial charge is 0.349 e. The van der Waals surface area contributed by atoms with Crippen molar-refractivity contribution in [3.05, 3.63) is 51.6 Å². The third kappa shape index (κ3) is 6.00. The van der Waals surface area contributed by atoms with Gasteiger partial charge in [-0.2, -0.15) is 9.97 Å². The molecule has 3 N–H and O–H groups in total. The molecule has 3 aliphatic rings. The van der Waals surface area contributed by atoms with E-state index in [-0.39, 0.29) is 40.9 Å². The minimum Gasteiger partial charge on any atom is -0.508 e. The normalized spacial score (nSPS) is 20.4. The van der Waals surface area contributed by atoms with Crippen molar-refractivity contribution in [2.24, 2.45) is 5.73 Å². The van der Waals surface area contributed by atoms with Crippen LogP contribution in [-0.2, 0) is 4.79 Å². The molecule has 0 saturated carbocycles. The molecule has 4 aromatic rings. The van der Waals surface area contributed by atoms with E-state index in [2.05, 4.69) is 26.5 Å². The molecule has 10 nitrogen and oxygen atoms in total. The number of fused-ring (bicyclic) bond motifs is 3. The number of aryl methyl sites for hydroxylation is 1. The van der Waals surface area contributed by atoms with Gasteiger partial charge in [-0.15, -0.1) is 6.42 Å². The number of hydrogen-bond acceptors (Lipinski definition) is 9. The molecule has 3 unspecified atom stereocenters. The number of alkyl halides is 1. The first-order valence-corrected chi connectivity index (χ1v) is 14.7. The van der Waals surface area contributed by atoms with Crippen LogP contribution in [0.5, 0.6) is 11.8 Å². The van der Waals surface area contributed by atoms with Gasteiger partial charge >= 0.3 is 11.6 Å². The maximum Gasteiger partial charge on any atom is 0.349 e. The third-order valence-corrected chi connectivity index (χ3v) is 8.64. The highest BCUT2D eigenvalue weighted by Crippen LogP contribution is 2.40. The lowest BCUT2D eigenvalue weighted by molar-refractivity contribution is -0.106. The molecule has 0 aliphatic carbocycles. The predicted molar refractivity (Wildman–Crippen MR) is 168 cm³/mol. The van der Waals surface area contributed by atoms with Gasteiger partial charge in [-0.05, 0) is 69.7 Å². The number of phenolic OH excluding ortho intramolecular Hbond substituents is 1. The van der Waals surface area contributed by atoms with Crippen LogP contribution in [0.3, 0.4) is 0 Å². The number of nitrogens with two attached hydrogens (primary N) is 1. The summed E-state index contributed by atoms with van der Waals surface area (Å²) in [5, 5.41) is 11.4. The van der Waals surface area contributed by atoms with Gasteiger partial charge in [-0.25, -0.2) is 13.6 Å². The maximum absolute atomic E-state index is 14.5. The Morgan fingerprint density at radius 2 is 1.98 bits per heavy atom. The fourth-order valence-electron chi connectivity index (χ4n) is 6.37.